The van der Waals surface area contributed by atoms with Gasteiger partial charge in [-0.15, -0.1) is 0 Å². The first-order chi connectivity index (χ1) is 12.3. The van der Waals surface area contributed by atoms with E-state index in [-0.39, 0.29) is 0 Å². The molecular weight excluding hydrogens is 304 g/mol. The van der Waals surface area contributed by atoms with Crippen LogP contribution in [0.3, 0.4) is 0 Å². The lowest BCUT2D eigenvalue weighted by atomic mass is 10.0. The highest BCUT2D eigenvalue weighted by molar-refractivity contribution is 5.50. The molecule has 1 rings (SSSR count). The van der Waals surface area contributed by atoms with E-state index < -0.39 is 0 Å². The van der Waals surface area contributed by atoms with Crippen molar-refractivity contribution in [2.45, 2.75) is 103 Å². The van der Waals surface area contributed by atoms with Gasteiger partial charge in [0.15, 0.2) is 0 Å². The van der Waals surface area contributed by atoms with Gasteiger partial charge in [-0.2, -0.15) is 0 Å². The van der Waals surface area contributed by atoms with Gasteiger partial charge in [0.25, 0.3) is 0 Å². The Hall–Kier alpha value is -1.24. The molecule has 0 atom stereocenters. The van der Waals surface area contributed by atoms with Crippen molar-refractivity contribution in [1.29, 1.82) is 0 Å². The summed E-state index contributed by atoms with van der Waals surface area (Å²) in [7, 11) is 0. The molecule has 0 heterocycles. The van der Waals surface area contributed by atoms with Crippen LogP contribution in [-0.2, 0) is 0 Å². The zero-order chi connectivity index (χ0) is 18.0. The van der Waals surface area contributed by atoms with Gasteiger partial charge in [-0.1, -0.05) is 121 Å². The van der Waals surface area contributed by atoms with E-state index in [1.807, 2.05) is 36.4 Å². The zero-order valence-corrected chi connectivity index (χ0v) is 16.5. The third-order valence-electron chi connectivity index (χ3n) is 4.92. The second-order valence-corrected chi connectivity index (χ2v) is 7.39. The Morgan fingerprint density at radius 2 is 1.12 bits per heavy atom. The van der Waals surface area contributed by atoms with E-state index in [2.05, 4.69) is 6.92 Å². The minimum absolute atomic E-state index is 0.519. The Morgan fingerprint density at radius 1 is 0.680 bits per heavy atom. The maximum atomic E-state index is 9.95. The highest BCUT2D eigenvalue weighted by Crippen LogP contribution is 2.15. The second-order valence-electron chi connectivity index (χ2n) is 7.39. The van der Waals surface area contributed by atoms with Crippen molar-refractivity contribution in [3.63, 3.8) is 0 Å². The zero-order valence-electron chi connectivity index (χ0n) is 16.5. The van der Waals surface area contributed by atoms with Crippen LogP contribution in [0.2, 0.25) is 0 Å². The topological polar surface area (TPSA) is 20.2 Å². The van der Waals surface area contributed by atoms with Crippen molar-refractivity contribution in [3.05, 3.63) is 41.7 Å². The number of allylic oxidation sites excluding steroid dienone is 1. The van der Waals surface area contributed by atoms with Crippen LogP contribution in [0.15, 0.2) is 36.1 Å². The maximum Gasteiger partial charge on any atom is 0.0928 e. The van der Waals surface area contributed by atoms with Crippen molar-refractivity contribution in [1.82, 2.24) is 0 Å². The van der Waals surface area contributed by atoms with E-state index in [1.165, 1.54) is 83.5 Å². The number of aliphatic hydroxyl groups excluding tert-OH is 1. The third kappa shape index (κ3) is 13.7. The predicted molar refractivity (Wildman–Crippen MR) is 112 cm³/mol. The lowest BCUT2D eigenvalue weighted by molar-refractivity contribution is 0.385. The summed E-state index contributed by atoms with van der Waals surface area (Å²) in [5.74, 6) is 0.519. The Labute approximate surface area is 156 Å². The van der Waals surface area contributed by atoms with Crippen LogP contribution in [0.1, 0.15) is 109 Å². The van der Waals surface area contributed by atoms with Crippen molar-refractivity contribution in [2.24, 2.45) is 0 Å². The molecule has 0 aliphatic rings. The molecule has 0 aromatic heterocycles. The molecule has 1 N–H and O–H groups in total. The van der Waals surface area contributed by atoms with E-state index in [0.717, 1.165) is 18.4 Å². The average molecular weight is 345 g/mol. The first-order valence-corrected chi connectivity index (χ1v) is 10.8. The van der Waals surface area contributed by atoms with Gasteiger partial charge in [0, 0.05) is 6.42 Å². The molecule has 0 radical (unpaired) electrons. The van der Waals surface area contributed by atoms with Gasteiger partial charge in [0.1, 0.15) is 0 Å². The van der Waals surface area contributed by atoms with E-state index >= 15 is 0 Å². The summed E-state index contributed by atoms with van der Waals surface area (Å²) in [4.78, 5) is 0. The second kappa shape index (κ2) is 16.2. The summed E-state index contributed by atoms with van der Waals surface area (Å²) >= 11 is 0. The summed E-state index contributed by atoms with van der Waals surface area (Å²) in [6.45, 7) is 2.28. The summed E-state index contributed by atoms with van der Waals surface area (Å²) in [6.07, 6.45) is 21.9. The molecule has 0 amide bonds. The number of benzene rings is 1. The van der Waals surface area contributed by atoms with E-state index in [0.29, 0.717) is 5.76 Å². The standard InChI is InChI=1S/C24H40O/c1-2-3-4-5-6-7-8-9-10-11-12-13-14-18-21-24(25)22-23-19-16-15-17-20-23/h15-17,19-20,22,25H,2-14,18,21H2,1H3. The predicted octanol–water partition coefficient (Wildman–Crippen LogP) is 8.46. The van der Waals surface area contributed by atoms with Gasteiger partial charge in [-0.05, 0) is 18.1 Å². The molecule has 0 unspecified atom stereocenters. The van der Waals surface area contributed by atoms with Gasteiger partial charge in [0.2, 0.25) is 0 Å². The number of rotatable bonds is 16. The fourth-order valence-electron chi connectivity index (χ4n) is 3.31. The lowest BCUT2D eigenvalue weighted by Gasteiger charge is -2.03. The largest absolute Gasteiger partial charge is 0.512 e. The Bertz CT molecular complexity index is 421. The molecule has 0 fully saturated rings. The molecule has 25 heavy (non-hydrogen) atoms. The molecule has 142 valence electrons. The van der Waals surface area contributed by atoms with Gasteiger partial charge >= 0.3 is 0 Å². The molecule has 1 nitrogen and oxygen atoms in total. The Kier molecular flexibility index (Phi) is 14.2. The third-order valence-corrected chi connectivity index (χ3v) is 4.92. The molecule has 0 bridgehead atoms. The SMILES string of the molecule is CCCCCCCCCCCCCCCCC(O)=Cc1ccccc1. The summed E-state index contributed by atoms with van der Waals surface area (Å²) in [5.41, 5.74) is 1.09. The average Bonchev–Trinajstić information content (AvgIpc) is 2.63. The molecule has 0 spiro atoms. The van der Waals surface area contributed by atoms with Crippen molar-refractivity contribution >= 4 is 6.08 Å². The van der Waals surface area contributed by atoms with Crippen molar-refractivity contribution < 1.29 is 5.11 Å². The lowest BCUT2D eigenvalue weighted by Crippen LogP contribution is -1.85. The quantitative estimate of drug-likeness (QED) is 0.235. The molecule has 0 aliphatic carbocycles. The van der Waals surface area contributed by atoms with Crippen molar-refractivity contribution in [3.8, 4) is 0 Å². The van der Waals surface area contributed by atoms with Crippen LogP contribution in [0.4, 0.5) is 0 Å². The first kappa shape index (κ1) is 21.8. The first-order valence-electron chi connectivity index (χ1n) is 10.8. The van der Waals surface area contributed by atoms with E-state index in [1.54, 1.807) is 0 Å². The fourth-order valence-corrected chi connectivity index (χ4v) is 3.31. The van der Waals surface area contributed by atoms with Gasteiger partial charge < -0.3 is 5.11 Å². The molecular formula is C24H40O. The Balaban J connectivity index is 1.84. The minimum atomic E-state index is 0.519. The smallest absolute Gasteiger partial charge is 0.0928 e. The van der Waals surface area contributed by atoms with Gasteiger partial charge in [-0.25, -0.2) is 0 Å². The van der Waals surface area contributed by atoms with Crippen molar-refractivity contribution in [2.75, 3.05) is 0 Å². The summed E-state index contributed by atoms with van der Waals surface area (Å²) in [6, 6.07) is 10.1. The van der Waals surface area contributed by atoms with E-state index in [9.17, 15) is 5.11 Å². The van der Waals surface area contributed by atoms with Crippen LogP contribution >= 0.6 is 0 Å². The monoisotopic (exact) mass is 344 g/mol. The fraction of sp³-hybridized carbons (Fsp3) is 0.667. The Morgan fingerprint density at radius 3 is 1.60 bits per heavy atom. The van der Waals surface area contributed by atoms with Crippen LogP contribution in [0.5, 0.6) is 0 Å². The van der Waals surface area contributed by atoms with Gasteiger partial charge in [-0.3, -0.25) is 0 Å². The molecule has 1 heteroatoms. The molecule has 0 saturated carbocycles. The highest BCUT2D eigenvalue weighted by Gasteiger charge is 1.97. The van der Waals surface area contributed by atoms with Crippen LogP contribution < -0.4 is 0 Å². The van der Waals surface area contributed by atoms with Crippen LogP contribution in [0, 0.1) is 0 Å². The number of unbranched alkanes of at least 4 members (excludes halogenated alkanes) is 13. The normalized spacial score (nSPS) is 11.8. The maximum absolute atomic E-state index is 9.95. The highest BCUT2D eigenvalue weighted by atomic mass is 16.3. The summed E-state index contributed by atoms with van der Waals surface area (Å²) < 4.78 is 0. The summed E-state index contributed by atoms with van der Waals surface area (Å²) in [5, 5.41) is 9.95. The number of hydrogen-bond donors (Lipinski definition) is 1. The number of hydrogen-bond acceptors (Lipinski definition) is 1. The number of aliphatic hydroxyl groups is 1. The van der Waals surface area contributed by atoms with E-state index in [4.69, 9.17) is 0 Å². The van der Waals surface area contributed by atoms with Crippen LogP contribution in [-0.4, -0.2) is 5.11 Å². The molecule has 0 saturated heterocycles. The molecule has 1 aromatic carbocycles. The van der Waals surface area contributed by atoms with Crippen LogP contribution in [0.25, 0.3) is 6.08 Å². The molecule has 1 aromatic rings. The van der Waals surface area contributed by atoms with Gasteiger partial charge in [0.05, 0.1) is 5.76 Å². The molecule has 0 aliphatic heterocycles. The minimum Gasteiger partial charge on any atom is -0.512 e.